The maximum Gasteiger partial charge on any atom is 0.254 e. The van der Waals surface area contributed by atoms with Crippen LogP contribution in [0.5, 0.6) is 11.5 Å². The third kappa shape index (κ3) is 5.22. The van der Waals surface area contributed by atoms with Gasteiger partial charge in [-0.2, -0.15) is 0 Å². The molecule has 178 valence electrons. The molecule has 0 bridgehead atoms. The van der Waals surface area contributed by atoms with Crippen molar-refractivity contribution >= 4 is 23.2 Å². The fraction of sp³-hybridized carbons (Fsp3) is 0.308. The Kier molecular flexibility index (Phi) is 7.47. The largest absolute Gasteiger partial charge is 0.497 e. The highest BCUT2D eigenvalue weighted by Gasteiger charge is 2.33. The molecule has 2 amide bonds. The Bertz CT molecular complexity index is 1150. The summed E-state index contributed by atoms with van der Waals surface area (Å²) in [5.41, 5.74) is 1.55. The topological polar surface area (TPSA) is 59.1 Å². The minimum atomic E-state index is -0.374. The summed E-state index contributed by atoms with van der Waals surface area (Å²) < 4.78 is 24.6. The number of hydrogen-bond donors (Lipinski definition) is 0. The first-order valence-corrected chi connectivity index (χ1v) is 12.1. The van der Waals surface area contributed by atoms with Gasteiger partial charge in [0.2, 0.25) is 5.91 Å². The van der Waals surface area contributed by atoms with Crippen molar-refractivity contribution in [2.75, 3.05) is 33.4 Å². The van der Waals surface area contributed by atoms with E-state index in [4.69, 9.17) is 9.47 Å². The maximum absolute atomic E-state index is 13.6. The van der Waals surface area contributed by atoms with Crippen molar-refractivity contribution in [1.82, 2.24) is 9.80 Å². The predicted octanol–water partition coefficient (Wildman–Crippen LogP) is 4.56. The van der Waals surface area contributed by atoms with E-state index in [1.165, 1.54) is 21.9 Å². The highest BCUT2D eigenvalue weighted by molar-refractivity contribution is 7.10. The Labute approximate surface area is 202 Å². The Hall–Kier alpha value is -3.39. The molecule has 3 aromatic rings. The van der Waals surface area contributed by atoms with Crippen LogP contribution < -0.4 is 9.47 Å². The van der Waals surface area contributed by atoms with Gasteiger partial charge in [0.1, 0.15) is 30.5 Å². The van der Waals surface area contributed by atoms with Gasteiger partial charge in [0.15, 0.2) is 0 Å². The molecule has 6 nitrogen and oxygen atoms in total. The van der Waals surface area contributed by atoms with Gasteiger partial charge in [-0.3, -0.25) is 9.59 Å². The van der Waals surface area contributed by atoms with Gasteiger partial charge in [-0.1, -0.05) is 6.07 Å². The fourth-order valence-electron chi connectivity index (χ4n) is 4.10. The number of carbonyl (C=O) groups is 2. The van der Waals surface area contributed by atoms with Crippen LogP contribution in [0.4, 0.5) is 4.39 Å². The molecular formula is C26H27FN2O4S. The molecule has 1 aromatic heterocycles. The van der Waals surface area contributed by atoms with Crippen molar-refractivity contribution in [3.63, 3.8) is 0 Å². The molecule has 34 heavy (non-hydrogen) atoms. The number of fused-ring (bicyclic) bond motifs is 1. The quantitative estimate of drug-likeness (QED) is 0.472. The number of likely N-dealkylation sites (N-methyl/N-ethyl adjacent to an activating group) is 1. The number of rotatable bonds is 8. The number of ether oxygens (including phenoxy) is 2. The number of methoxy groups -OCH3 is 1. The van der Waals surface area contributed by atoms with E-state index >= 15 is 0 Å². The lowest BCUT2D eigenvalue weighted by atomic mass is 10.0. The molecule has 0 spiro atoms. The van der Waals surface area contributed by atoms with Crippen molar-refractivity contribution in [3.8, 4) is 11.5 Å². The summed E-state index contributed by atoms with van der Waals surface area (Å²) in [4.78, 5) is 31.0. The minimum Gasteiger partial charge on any atom is -0.497 e. The van der Waals surface area contributed by atoms with Crippen LogP contribution in [0.2, 0.25) is 0 Å². The zero-order valence-corrected chi connectivity index (χ0v) is 20.0. The van der Waals surface area contributed by atoms with Gasteiger partial charge in [-0.05, 0) is 66.8 Å². The molecule has 0 unspecified atom stereocenters. The number of hydrogen-bond acceptors (Lipinski definition) is 5. The molecule has 0 saturated carbocycles. The first-order valence-electron chi connectivity index (χ1n) is 11.2. The van der Waals surface area contributed by atoms with Crippen LogP contribution in [0, 0.1) is 5.82 Å². The van der Waals surface area contributed by atoms with Crippen molar-refractivity contribution < 1.29 is 23.5 Å². The van der Waals surface area contributed by atoms with Gasteiger partial charge >= 0.3 is 0 Å². The third-order valence-electron chi connectivity index (χ3n) is 5.95. The SMILES string of the molecule is CCN(CC(=O)N1CCc2sccc2[C@@H]1COc1cccc(F)c1)C(=O)c1ccc(OC)cc1. The summed E-state index contributed by atoms with van der Waals surface area (Å²) in [5.74, 6) is 0.352. The normalized spacial score (nSPS) is 14.9. The Morgan fingerprint density at radius 1 is 1.15 bits per heavy atom. The highest BCUT2D eigenvalue weighted by atomic mass is 32.1. The minimum absolute atomic E-state index is 0.0305. The number of carbonyl (C=O) groups excluding carboxylic acids is 2. The molecule has 2 heterocycles. The van der Waals surface area contributed by atoms with Crippen LogP contribution >= 0.6 is 11.3 Å². The summed E-state index contributed by atoms with van der Waals surface area (Å²) in [6.45, 7) is 2.97. The maximum atomic E-state index is 13.6. The van der Waals surface area contributed by atoms with Gasteiger partial charge in [0, 0.05) is 29.6 Å². The molecule has 0 aliphatic carbocycles. The Balaban J connectivity index is 1.49. The number of nitrogens with zero attached hydrogens (tertiary/aromatic N) is 2. The van der Waals surface area contributed by atoms with E-state index in [1.807, 2.05) is 18.4 Å². The number of thiophene rings is 1. The molecule has 1 atom stereocenters. The van der Waals surface area contributed by atoms with Crippen LogP contribution in [0.3, 0.4) is 0 Å². The lowest BCUT2D eigenvalue weighted by Gasteiger charge is -2.37. The van der Waals surface area contributed by atoms with Crippen molar-refractivity contribution in [3.05, 3.63) is 81.8 Å². The van der Waals surface area contributed by atoms with Gasteiger partial charge in [0.25, 0.3) is 5.91 Å². The zero-order valence-electron chi connectivity index (χ0n) is 19.2. The summed E-state index contributed by atoms with van der Waals surface area (Å²) in [6, 6.07) is 14.5. The van der Waals surface area contributed by atoms with E-state index in [0.29, 0.717) is 30.2 Å². The number of amides is 2. The third-order valence-corrected chi connectivity index (χ3v) is 6.95. The monoisotopic (exact) mass is 482 g/mol. The van der Waals surface area contributed by atoms with Gasteiger partial charge < -0.3 is 19.3 Å². The average Bonchev–Trinajstić information content (AvgIpc) is 3.34. The van der Waals surface area contributed by atoms with Crippen LogP contribution in [0.15, 0.2) is 60.0 Å². The van der Waals surface area contributed by atoms with Crippen LogP contribution in [0.1, 0.15) is 33.8 Å². The molecule has 1 aliphatic rings. The van der Waals surface area contributed by atoms with E-state index in [9.17, 15) is 14.0 Å². The summed E-state index contributed by atoms with van der Waals surface area (Å²) in [7, 11) is 1.57. The van der Waals surface area contributed by atoms with E-state index < -0.39 is 0 Å². The number of halogens is 1. The first-order chi connectivity index (χ1) is 16.5. The lowest BCUT2D eigenvalue weighted by molar-refractivity contribution is -0.135. The van der Waals surface area contributed by atoms with Crippen LogP contribution in [-0.4, -0.2) is 55.0 Å². The fourth-order valence-corrected chi connectivity index (χ4v) is 5.03. The van der Waals surface area contributed by atoms with Gasteiger partial charge in [-0.15, -0.1) is 11.3 Å². The second kappa shape index (κ2) is 10.7. The van der Waals surface area contributed by atoms with Crippen LogP contribution in [-0.2, 0) is 11.2 Å². The Morgan fingerprint density at radius 3 is 2.65 bits per heavy atom. The van der Waals surface area contributed by atoms with Crippen molar-refractivity contribution in [2.45, 2.75) is 19.4 Å². The molecule has 0 saturated heterocycles. The molecule has 8 heteroatoms. The predicted molar refractivity (Wildman–Crippen MR) is 129 cm³/mol. The van der Waals surface area contributed by atoms with E-state index in [2.05, 4.69) is 0 Å². The molecule has 0 fully saturated rings. The van der Waals surface area contributed by atoms with Crippen molar-refractivity contribution in [1.29, 1.82) is 0 Å². The Morgan fingerprint density at radius 2 is 1.94 bits per heavy atom. The summed E-state index contributed by atoms with van der Waals surface area (Å²) >= 11 is 1.66. The highest BCUT2D eigenvalue weighted by Crippen LogP contribution is 2.34. The summed E-state index contributed by atoms with van der Waals surface area (Å²) in [6.07, 6.45) is 0.758. The van der Waals surface area contributed by atoms with Gasteiger partial charge in [-0.25, -0.2) is 4.39 Å². The molecule has 2 aromatic carbocycles. The number of benzene rings is 2. The van der Waals surface area contributed by atoms with E-state index in [-0.39, 0.29) is 36.8 Å². The molecule has 0 N–H and O–H groups in total. The molecule has 1 aliphatic heterocycles. The molecule has 0 radical (unpaired) electrons. The summed E-state index contributed by atoms with van der Waals surface area (Å²) in [5, 5.41) is 2.01. The smallest absolute Gasteiger partial charge is 0.254 e. The first kappa shape index (κ1) is 23.8. The van der Waals surface area contributed by atoms with E-state index in [1.54, 1.807) is 59.7 Å². The molecule has 4 rings (SSSR count). The van der Waals surface area contributed by atoms with Gasteiger partial charge in [0.05, 0.1) is 13.2 Å². The van der Waals surface area contributed by atoms with Crippen LogP contribution in [0.25, 0.3) is 0 Å². The zero-order chi connectivity index (χ0) is 24.1. The second-order valence-electron chi connectivity index (χ2n) is 7.97. The standard InChI is InChI=1S/C26H27FN2O4S/c1-3-28(26(31)18-7-9-20(32-2)10-8-18)16-25(30)29-13-11-24-22(12-14-34-24)23(29)17-33-21-6-4-5-19(27)15-21/h4-10,12,14-15,23H,3,11,13,16-17H2,1-2H3/t23-/m0/s1. The van der Waals surface area contributed by atoms with Crippen molar-refractivity contribution in [2.24, 2.45) is 0 Å². The molecular weight excluding hydrogens is 455 g/mol. The second-order valence-corrected chi connectivity index (χ2v) is 8.97. The van der Waals surface area contributed by atoms with E-state index in [0.717, 1.165) is 12.0 Å². The lowest BCUT2D eigenvalue weighted by Crippen LogP contribution is -2.47. The average molecular weight is 483 g/mol.